The van der Waals surface area contributed by atoms with Crippen LogP contribution in [-0.2, 0) is 11.8 Å². The van der Waals surface area contributed by atoms with Crippen molar-refractivity contribution >= 4 is 46.5 Å². The molecule has 0 spiro atoms. The minimum Gasteiger partial charge on any atom is -0.356 e. The zero-order chi connectivity index (χ0) is 22.3. The van der Waals surface area contributed by atoms with Crippen molar-refractivity contribution in [1.29, 1.82) is 0 Å². The average molecular weight is 443 g/mol. The highest BCUT2D eigenvalue weighted by Gasteiger charge is 2.41. The Balaban J connectivity index is 1.55. The second kappa shape index (κ2) is 7.89. The zero-order valence-corrected chi connectivity index (χ0v) is 18.6. The van der Waals surface area contributed by atoms with E-state index in [0.29, 0.717) is 42.1 Å². The number of hydrogen-bond acceptors (Lipinski definition) is 6. The molecule has 2 aliphatic heterocycles. The Bertz CT molecular complexity index is 1050. The fourth-order valence-corrected chi connectivity index (χ4v) is 4.09. The predicted octanol–water partition coefficient (Wildman–Crippen LogP) is 0.852. The van der Waals surface area contributed by atoms with Gasteiger partial charge in [-0.2, -0.15) is 5.10 Å². The normalized spacial score (nSPS) is 20.3. The number of aryl methyl sites for hydroxylation is 1. The number of pyridine rings is 1. The second-order valence-electron chi connectivity index (χ2n) is 8.46. The molecule has 4 rings (SSSR count). The summed E-state index contributed by atoms with van der Waals surface area (Å²) < 4.78 is 1.58. The third-order valence-electron chi connectivity index (χ3n) is 5.60. The maximum absolute atomic E-state index is 13.0. The lowest BCUT2D eigenvalue weighted by Crippen LogP contribution is -2.33. The monoisotopic (exact) mass is 442 g/mol. The Morgan fingerprint density at radius 2 is 2.16 bits per heavy atom. The first-order valence-electron chi connectivity index (χ1n) is 10.1. The van der Waals surface area contributed by atoms with Gasteiger partial charge >= 0.3 is 0 Å². The molecular weight excluding hydrogens is 416 g/mol. The number of nitrogens with one attached hydrogen (secondary N) is 2. The van der Waals surface area contributed by atoms with Crippen molar-refractivity contribution in [2.75, 3.05) is 34.8 Å². The zero-order valence-electron chi connectivity index (χ0n) is 17.8. The summed E-state index contributed by atoms with van der Waals surface area (Å²) in [7, 11) is 1.75. The van der Waals surface area contributed by atoms with Gasteiger partial charge in [0.2, 0.25) is 5.91 Å². The van der Waals surface area contributed by atoms with Gasteiger partial charge < -0.3 is 21.3 Å². The summed E-state index contributed by atoms with van der Waals surface area (Å²) in [5.74, 6) is 0.615. The highest BCUT2D eigenvalue weighted by molar-refractivity contribution is 7.80. The molecule has 0 aromatic carbocycles. The number of aromatic nitrogens is 3. The van der Waals surface area contributed by atoms with E-state index in [1.165, 1.54) is 0 Å². The van der Waals surface area contributed by atoms with Crippen molar-refractivity contribution in [3.8, 4) is 0 Å². The first-order chi connectivity index (χ1) is 14.7. The molecule has 10 nitrogen and oxygen atoms in total. The highest BCUT2D eigenvalue weighted by atomic mass is 32.1. The van der Waals surface area contributed by atoms with Crippen LogP contribution in [0.15, 0.2) is 24.4 Å². The second-order valence-corrected chi connectivity index (χ2v) is 8.85. The van der Waals surface area contributed by atoms with Crippen molar-refractivity contribution in [3.63, 3.8) is 0 Å². The number of rotatable bonds is 5. The molecule has 2 fully saturated rings. The number of anilines is 3. The van der Waals surface area contributed by atoms with Gasteiger partial charge in [-0.15, -0.1) is 0 Å². The van der Waals surface area contributed by atoms with Crippen LogP contribution < -0.4 is 26.2 Å². The van der Waals surface area contributed by atoms with Gasteiger partial charge in [0.15, 0.2) is 10.9 Å². The number of nitrogens with zero attached hydrogens (tertiary/aromatic N) is 5. The predicted molar refractivity (Wildman–Crippen MR) is 122 cm³/mol. The lowest BCUT2D eigenvalue weighted by atomic mass is 9.92. The SMILES string of the molecule is Cn1cc(NC(=O)c2cccc(N3CC(CN)NC3=S)n2)c(N2CCC(C)(C)C2=O)n1. The molecule has 0 aliphatic carbocycles. The van der Waals surface area contributed by atoms with Crippen LogP contribution in [0.1, 0.15) is 30.8 Å². The van der Waals surface area contributed by atoms with Gasteiger partial charge in [-0.25, -0.2) is 4.98 Å². The van der Waals surface area contributed by atoms with E-state index in [-0.39, 0.29) is 17.6 Å². The standard InChI is InChI=1S/C20H26N8O2S/c1-20(2)7-8-27(18(20)30)16-14(11-26(3)25-16)24-17(29)13-5-4-6-15(23-13)28-10-12(9-21)22-19(28)31/h4-6,11-12H,7-10,21H2,1-3H3,(H,22,31)(H,24,29). The molecule has 11 heteroatoms. The van der Waals surface area contributed by atoms with Crippen molar-refractivity contribution in [3.05, 3.63) is 30.1 Å². The summed E-state index contributed by atoms with van der Waals surface area (Å²) in [5.41, 5.74) is 5.98. The van der Waals surface area contributed by atoms with Crippen LogP contribution >= 0.6 is 12.2 Å². The van der Waals surface area contributed by atoms with Crippen LogP contribution in [0.5, 0.6) is 0 Å². The van der Waals surface area contributed by atoms with E-state index in [4.69, 9.17) is 18.0 Å². The first-order valence-corrected chi connectivity index (χ1v) is 10.5. The van der Waals surface area contributed by atoms with Crippen molar-refractivity contribution < 1.29 is 9.59 Å². The highest BCUT2D eigenvalue weighted by Crippen LogP contribution is 2.36. The largest absolute Gasteiger partial charge is 0.356 e. The lowest BCUT2D eigenvalue weighted by molar-refractivity contribution is -0.124. The van der Waals surface area contributed by atoms with Crippen LogP contribution in [0, 0.1) is 5.41 Å². The molecule has 2 amide bonds. The van der Waals surface area contributed by atoms with Crippen molar-refractivity contribution in [2.45, 2.75) is 26.3 Å². The van der Waals surface area contributed by atoms with Crippen LogP contribution in [0.2, 0.25) is 0 Å². The molecule has 1 unspecified atom stereocenters. The van der Waals surface area contributed by atoms with E-state index in [1.807, 2.05) is 18.7 Å². The Hall–Kier alpha value is -3.05. The summed E-state index contributed by atoms with van der Waals surface area (Å²) in [6.45, 7) is 5.43. The lowest BCUT2D eigenvalue weighted by Gasteiger charge is -2.19. The van der Waals surface area contributed by atoms with Gasteiger partial charge in [-0.3, -0.25) is 19.2 Å². The van der Waals surface area contributed by atoms with Gasteiger partial charge in [-0.05, 0) is 30.8 Å². The van der Waals surface area contributed by atoms with E-state index in [9.17, 15) is 9.59 Å². The summed E-state index contributed by atoms with van der Waals surface area (Å²) in [6.07, 6.45) is 2.41. The Morgan fingerprint density at radius 1 is 1.39 bits per heavy atom. The molecule has 2 saturated heterocycles. The molecule has 0 saturated carbocycles. The van der Waals surface area contributed by atoms with Gasteiger partial charge in [-0.1, -0.05) is 19.9 Å². The minimum absolute atomic E-state index is 0.00803. The van der Waals surface area contributed by atoms with E-state index in [1.54, 1.807) is 41.0 Å². The molecule has 2 aromatic heterocycles. The van der Waals surface area contributed by atoms with Crippen LogP contribution in [-0.4, -0.2) is 57.4 Å². The van der Waals surface area contributed by atoms with Crippen molar-refractivity contribution in [1.82, 2.24) is 20.1 Å². The Labute approximate surface area is 185 Å². The van der Waals surface area contributed by atoms with Crippen LogP contribution in [0.25, 0.3) is 0 Å². The third-order valence-corrected chi connectivity index (χ3v) is 5.94. The summed E-state index contributed by atoms with van der Waals surface area (Å²) in [6, 6.07) is 5.23. The van der Waals surface area contributed by atoms with E-state index < -0.39 is 11.3 Å². The smallest absolute Gasteiger partial charge is 0.274 e. The molecular formula is C20H26N8O2S. The summed E-state index contributed by atoms with van der Waals surface area (Å²) in [5, 5.41) is 10.9. The number of nitrogens with two attached hydrogens (primary N) is 1. The van der Waals surface area contributed by atoms with Crippen molar-refractivity contribution in [2.24, 2.45) is 18.2 Å². The Morgan fingerprint density at radius 3 is 2.81 bits per heavy atom. The quantitative estimate of drug-likeness (QED) is 0.583. The molecule has 1 atom stereocenters. The van der Waals surface area contributed by atoms with Gasteiger partial charge in [0.1, 0.15) is 17.2 Å². The number of thiocarbonyl (C=S) groups is 1. The Kier molecular flexibility index (Phi) is 5.40. The number of amides is 2. The maximum atomic E-state index is 13.0. The van der Waals surface area contributed by atoms with E-state index in [2.05, 4.69) is 20.7 Å². The summed E-state index contributed by atoms with van der Waals surface area (Å²) >= 11 is 5.36. The molecule has 2 aromatic rings. The average Bonchev–Trinajstić information content (AvgIpc) is 3.37. The molecule has 164 valence electrons. The first kappa shape index (κ1) is 21.2. The molecule has 4 heterocycles. The summed E-state index contributed by atoms with van der Waals surface area (Å²) in [4.78, 5) is 33.6. The number of carbonyl (C=O) groups excluding carboxylic acids is 2. The number of hydrogen-bond donors (Lipinski definition) is 3. The molecule has 31 heavy (non-hydrogen) atoms. The number of carbonyl (C=O) groups is 2. The molecule has 0 bridgehead atoms. The fourth-order valence-electron chi connectivity index (χ4n) is 3.75. The van der Waals surface area contributed by atoms with E-state index >= 15 is 0 Å². The topological polar surface area (TPSA) is 121 Å². The third kappa shape index (κ3) is 3.98. The van der Waals surface area contributed by atoms with Gasteiger partial charge in [0, 0.05) is 32.1 Å². The van der Waals surface area contributed by atoms with Gasteiger partial charge in [0.25, 0.3) is 5.91 Å². The van der Waals surface area contributed by atoms with Gasteiger partial charge in [0.05, 0.1) is 12.2 Å². The molecule has 4 N–H and O–H groups in total. The fraction of sp³-hybridized carbons (Fsp3) is 0.450. The van der Waals surface area contributed by atoms with E-state index in [0.717, 1.165) is 6.42 Å². The minimum atomic E-state index is -0.446. The van der Waals surface area contributed by atoms with Crippen LogP contribution in [0.3, 0.4) is 0 Å². The molecule has 2 aliphatic rings. The molecule has 0 radical (unpaired) electrons. The van der Waals surface area contributed by atoms with Crippen LogP contribution in [0.4, 0.5) is 17.3 Å². The maximum Gasteiger partial charge on any atom is 0.274 e.